The lowest BCUT2D eigenvalue weighted by molar-refractivity contribution is -0.00689. The van der Waals surface area contributed by atoms with Gasteiger partial charge in [0, 0.05) is 22.0 Å². The van der Waals surface area contributed by atoms with Gasteiger partial charge in [0.05, 0.1) is 5.69 Å². The van der Waals surface area contributed by atoms with Crippen LogP contribution in [0.1, 0.15) is 44.2 Å². The third-order valence-corrected chi connectivity index (χ3v) is 7.15. The molecule has 3 heteroatoms. The smallest absolute Gasteiger partial charge is 0.125 e. The number of nitrogens with two attached hydrogens (primary N) is 1. The van der Waals surface area contributed by atoms with Crippen molar-refractivity contribution in [1.82, 2.24) is 4.98 Å². The third-order valence-electron chi connectivity index (χ3n) is 6.28. The molecule has 0 unspecified atom stereocenters. The molecule has 4 aliphatic carbocycles. The van der Waals surface area contributed by atoms with E-state index in [9.17, 15) is 0 Å². The Bertz CT molecular complexity index is 682. The molecule has 4 aliphatic rings. The summed E-state index contributed by atoms with van der Waals surface area (Å²) < 4.78 is 0. The first kappa shape index (κ1) is 13.1. The van der Waals surface area contributed by atoms with Crippen molar-refractivity contribution in [3.05, 3.63) is 35.3 Å². The Kier molecular flexibility index (Phi) is 2.73. The lowest BCUT2D eigenvalue weighted by atomic mass is 9.49. The first-order valence-corrected chi connectivity index (χ1v) is 9.41. The molecule has 0 amide bonds. The zero-order valence-electron chi connectivity index (χ0n) is 12.8. The van der Waals surface area contributed by atoms with Crippen molar-refractivity contribution < 1.29 is 0 Å². The average Bonchev–Trinajstić information content (AvgIpc) is 2.97. The van der Waals surface area contributed by atoms with Crippen LogP contribution in [0.4, 0.5) is 5.69 Å². The molecule has 114 valence electrons. The molecule has 0 atom stereocenters. The van der Waals surface area contributed by atoms with E-state index in [2.05, 4.69) is 17.5 Å². The second-order valence-electron chi connectivity index (χ2n) is 7.82. The van der Waals surface area contributed by atoms with Crippen molar-refractivity contribution in [2.45, 2.75) is 43.9 Å². The van der Waals surface area contributed by atoms with E-state index in [0.717, 1.165) is 34.0 Å². The van der Waals surface area contributed by atoms with Gasteiger partial charge in [0.15, 0.2) is 0 Å². The molecule has 0 aliphatic heterocycles. The van der Waals surface area contributed by atoms with E-state index in [0.29, 0.717) is 5.41 Å². The molecule has 1 heterocycles. The minimum Gasteiger partial charge on any atom is -0.398 e. The van der Waals surface area contributed by atoms with Gasteiger partial charge in [0.1, 0.15) is 5.01 Å². The van der Waals surface area contributed by atoms with Crippen LogP contribution in [-0.4, -0.2) is 4.98 Å². The van der Waals surface area contributed by atoms with Gasteiger partial charge in [-0.1, -0.05) is 12.1 Å². The summed E-state index contributed by atoms with van der Waals surface area (Å²) in [5.41, 5.74) is 9.84. The van der Waals surface area contributed by atoms with Crippen molar-refractivity contribution in [1.29, 1.82) is 0 Å². The Balaban J connectivity index is 1.53. The summed E-state index contributed by atoms with van der Waals surface area (Å²) in [6.07, 6.45) is 8.61. The van der Waals surface area contributed by atoms with Crippen molar-refractivity contribution in [2.24, 2.45) is 17.8 Å². The molecular weight excluding hydrogens is 288 g/mol. The summed E-state index contributed by atoms with van der Waals surface area (Å²) >= 11 is 1.77. The highest BCUT2D eigenvalue weighted by Gasteiger charge is 2.52. The number of anilines is 1. The normalized spacial score (nSPS) is 35.9. The van der Waals surface area contributed by atoms with Crippen LogP contribution in [0.5, 0.6) is 0 Å². The lowest BCUT2D eigenvalue weighted by Gasteiger charge is -2.56. The highest BCUT2D eigenvalue weighted by molar-refractivity contribution is 7.13. The number of benzene rings is 1. The molecule has 2 aromatic rings. The van der Waals surface area contributed by atoms with E-state index in [1.807, 2.05) is 12.1 Å². The van der Waals surface area contributed by atoms with E-state index in [4.69, 9.17) is 10.7 Å². The quantitative estimate of drug-likeness (QED) is 0.804. The van der Waals surface area contributed by atoms with Crippen molar-refractivity contribution in [3.63, 3.8) is 0 Å². The number of para-hydroxylation sites is 1. The molecule has 4 bridgehead atoms. The van der Waals surface area contributed by atoms with Gasteiger partial charge in [-0.25, -0.2) is 4.98 Å². The predicted octanol–water partition coefficient (Wildman–Crippen LogP) is 4.86. The van der Waals surface area contributed by atoms with Crippen LogP contribution in [-0.2, 0) is 5.41 Å². The molecule has 2 N–H and O–H groups in total. The maximum Gasteiger partial charge on any atom is 0.125 e. The van der Waals surface area contributed by atoms with Crippen LogP contribution in [0, 0.1) is 17.8 Å². The second-order valence-corrected chi connectivity index (χ2v) is 8.68. The summed E-state index contributed by atoms with van der Waals surface area (Å²) in [6.45, 7) is 0. The maximum absolute atomic E-state index is 6.13. The van der Waals surface area contributed by atoms with Gasteiger partial charge in [0.25, 0.3) is 0 Å². The Morgan fingerprint density at radius 3 is 2.27 bits per heavy atom. The second kappa shape index (κ2) is 4.58. The first-order valence-electron chi connectivity index (χ1n) is 8.53. The highest BCUT2D eigenvalue weighted by Crippen LogP contribution is 2.60. The summed E-state index contributed by atoms with van der Waals surface area (Å²) in [4.78, 5) is 5.07. The molecule has 1 aromatic carbocycles. The first-order chi connectivity index (χ1) is 10.7. The fraction of sp³-hybridized carbons (Fsp3) is 0.526. The molecule has 0 radical (unpaired) electrons. The number of nitrogens with zero attached hydrogens (tertiary/aromatic N) is 1. The van der Waals surface area contributed by atoms with Gasteiger partial charge in [-0.15, -0.1) is 11.3 Å². The molecule has 4 fully saturated rings. The molecule has 0 spiro atoms. The Labute approximate surface area is 135 Å². The summed E-state index contributed by atoms with van der Waals surface area (Å²) in [5, 5.41) is 3.43. The minimum atomic E-state index is 0.396. The van der Waals surface area contributed by atoms with Gasteiger partial charge >= 0.3 is 0 Å². The standard InChI is InChI=1S/C19H22N2S/c20-16-4-2-1-3-15(16)18-21-17(11-22-18)19-8-12-5-13(9-19)7-14(6-12)10-19/h1-4,11-14H,5-10,20H2. The van der Waals surface area contributed by atoms with E-state index in [1.165, 1.54) is 44.2 Å². The fourth-order valence-electron chi connectivity index (χ4n) is 5.76. The van der Waals surface area contributed by atoms with E-state index >= 15 is 0 Å². The number of hydrogen-bond donors (Lipinski definition) is 1. The zero-order valence-corrected chi connectivity index (χ0v) is 13.6. The largest absolute Gasteiger partial charge is 0.398 e. The summed E-state index contributed by atoms with van der Waals surface area (Å²) in [6, 6.07) is 8.11. The van der Waals surface area contributed by atoms with Crippen LogP contribution >= 0.6 is 11.3 Å². The Morgan fingerprint density at radius 2 is 1.64 bits per heavy atom. The van der Waals surface area contributed by atoms with Crippen LogP contribution in [0.15, 0.2) is 29.6 Å². The molecule has 22 heavy (non-hydrogen) atoms. The van der Waals surface area contributed by atoms with Crippen LogP contribution in [0.25, 0.3) is 10.6 Å². The number of thiazole rings is 1. The SMILES string of the molecule is Nc1ccccc1-c1nc(C23CC4CC(CC(C4)C2)C3)cs1. The summed E-state index contributed by atoms with van der Waals surface area (Å²) in [7, 11) is 0. The van der Waals surface area contributed by atoms with E-state index < -0.39 is 0 Å². The fourth-order valence-corrected chi connectivity index (χ4v) is 6.75. The zero-order chi connectivity index (χ0) is 14.7. The number of hydrogen-bond acceptors (Lipinski definition) is 3. The van der Waals surface area contributed by atoms with Gasteiger partial charge in [-0.05, 0) is 68.4 Å². The summed E-state index contributed by atoms with van der Waals surface area (Å²) in [5.74, 6) is 2.91. The lowest BCUT2D eigenvalue weighted by Crippen LogP contribution is -2.48. The van der Waals surface area contributed by atoms with E-state index in [-0.39, 0.29) is 0 Å². The number of aromatic nitrogens is 1. The van der Waals surface area contributed by atoms with Crippen molar-refractivity contribution >= 4 is 17.0 Å². The topological polar surface area (TPSA) is 38.9 Å². The van der Waals surface area contributed by atoms with Crippen molar-refractivity contribution in [3.8, 4) is 10.6 Å². The molecule has 4 saturated carbocycles. The molecule has 2 nitrogen and oxygen atoms in total. The average molecular weight is 310 g/mol. The third kappa shape index (κ3) is 1.88. The molecule has 1 aromatic heterocycles. The van der Waals surface area contributed by atoms with Crippen LogP contribution < -0.4 is 5.73 Å². The highest BCUT2D eigenvalue weighted by atomic mass is 32.1. The van der Waals surface area contributed by atoms with Gasteiger partial charge in [-0.2, -0.15) is 0 Å². The van der Waals surface area contributed by atoms with Crippen molar-refractivity contribution in [2.75, 3.05) is 5.73 Å². The Morgan fingerprint density at radius 1 is 1.00 bits per heavy atom. The van der Waals surface area contributed by atoms with Gasteiger partial charge in [-0.3, -0.25) is 0 Å². The van der Waals surface area contributed by atoms with Crippen LogP contribution in [0.2, 0.25) is 0 Å². The van der Waals surface area contributed by atoms with Crippen LogP contribution in [0.3, 0.4) is 0 Å². The van der Waals surface area contributed by atoms with Gasteiger partial charge < -0.3 is 5.73 Å². The van der Waals surface area contributed by atoms with Gasteiger partial charge in [0.2, 0.25) is 0 Å². The molecule has 0 saturated heterocycles. The number of nitrogen functional groups attached to an aromatic ring is 1. The number of rotatable bonds is 2. The maximum atomic E-state index is 6.13. The Hall–Kier alpha value is -1.35. The molecular formula is C19H22N2S. The van der Waals surface area contributed by atoms with E-state index in [1.54, 1.807) is 11.3 Å². The monoisotopic (exact) mass is 310 g/mol. The minimum absolute atomic E-state index is 0.396. The predicted molar refractivity (Wildman–Crippen MR) is 91.8 cm³/mol. The molecule has 6 rings (SSSR count).